The molecule has 0 unspecified atom stereocenters. The number of ether oxygens (including phenoxy) is 3. The van der Waals surface area contributed by atoms with Crippen molar-refractivity contribution in [2.75, 3.05) is 14.2 Å². The minimum atomic E-state index is -4.45. The third kappa shape index (κ3) is 3.70. The molecule has 5 nitrogen and oxygen atoms in total. The lowest BCUT2D eigenvalue weighted by Crippen LogP contribution is -2.04. The average molecular weight is 342 g/mol. The predicted molar refractivity (Wildman–Crippen MR) is 78.0 cm³/mol. The third-order valence-corrected chi connectivity index (χ3v) is 3.11. The summed E-state index contributed by atoms with van der Waals surface area (Å²) in [5, 5.41) is 9.05. The number of alkyl halides is 3. The summed E-state index contributed by atoms with van der Waals surface area (Å²) in [6, 6.07) is 6.49. The highest BCUT2D eigenvalue weighted by molar-refractivity contribution is 5.89. The molecule has 24 heavy (non-hydrogen) atoms. The van der Waals surface area contributed by atoms with E-state index in [-0.39, 0.29) is 28.6 Å². The molecule has 2 rings (SSSR count). The summed E-state index contributed by atoms with van der Waals surface area (Å²) < 4.78 is 53.4. The molecule has 0 heterocycles. The summed E-state index contributed by atoms with van der Waals surface area (Å²) in [5.74, 6) is -0.863. The summed E-state index contributed by atoms with van der Waals surface area (Å²) in [6.07, 6.45) is -4.45. The minimum Gasteiger partial charge on any atom is -0.493 e. The Bertz CT molecular complexity index is 713. The van der Waals surface area contributed by atoms with E-state index in [1.54, 1.807) is 0 Å². The minimum absolute atomic E-state index is 0.0600. The van der Waals surface area contributed by atoms with Crippen LogP contribution < -0.4 is 14.2 Å². The van der Waals surface area contributed by atoms with Gasteiger partial charge in [-0.3, -0.25) is 0 Å². The van der Waals surface area contributed by atoms with Crippen LogP contribution in [0.2, 0.25) is 0 Å². The zero-order valence-electron chi connectivity index (χ0n) is 12.7. The molecule has 0 saturated carbocycles. The van der Waals surface area contributed by atoms with Gasteiger partial charge in [0.2, 0.25) is 5.75 Å². The standard InChI is InChI=1S/C16H13F3O5/c1-22-12-7-9(15(20)21)8-13(23-2)14(12)24-11-5-3-10(4-6-11)16(17,18)19/h3-8H,1-2H3,(H,20,21). The second-order valence-corrected chi connectivity index (χ2v) is 4.64. The number of carboxylic acids is 1. The first-order valence-electron chi connectivity index (χ1n) is 6.60. The van der Waals surface area contributed by atoms with Gasteiger partial charge in [-0.05, 0) is 36.4 Å². The van der Waals surface area contributed by atoms with Crippen LogP contribution in [0.25, 0.3) is 0 Å². The number of hydrogen-bond acceptors (Lipinski definition) is 4. The highest BCUT2D eigenvalue weighted by Crippen LogP contribution is 2.41. The molecule has 0 spiro atoms. The number of benzene rings is 2. The van der Waals surface area contributed by atoms with Crippen molar-refractivity contribution in [2.24, 2.45) is 0 Å². The van der Waals surface area contributed by atoms with Crippen LogP contribution in [0.5, 0.6) is 23.0 Å². The quantitative estimate of drug-likeness (QED) is 0.882. The molecule has 0 amide bonds. The number of hydrogen-bond donors (Lipinski definition) is 1. The topological polar surface area (TPSA) is 65.0 Å². The van der Waals surface area contributed by atoms with Crippen molar-refractivity contribution in [3.63, 3.8) is 0 Å². The van der Waals surface area contributed by atoms with Gasteiger partial charge in [-0.15, -0.1) is 0 Å². The Hall–Kier alpha value is -2.90. The summed E-state index contributed by atoms with van der Waals surface area (Å²) in [5.41, 5.74) is -0.890. The maximum absolute atomic E-state index is 12.6. The Morgan fingerprint density at radius 1 is 1.00 bits per heavy atom. The summed E-state index contributed by atoms with van der Waals surface area (Å²) in [7, 11) is 2.61. The molecule has 2 aromatic rings. The fraction of sp³-hybridized carbons (Fsp3) is 0.188. The summed E-state index contributed by atoms with van der Waals surface area (Å²) >= 11 is 0. The molecule has 8 heteroatoms. The molecular formula is C16H13F3O5. The molecule has 0 radical (unpaired) electrons. The third-order valence-electron chi connectivity index (χ3n) is 3.11. The van der Waals surface area contributed by atoms with E-state index in [1.165, 1.54) is 26.4 Å². The van der Waals surface area contributed by atoms with Crippen molar-refractivity contribution < 1.29 is 37.3 Å². The number of carbonyl (C=O) groups is 1. The smallest absolute Gasteiger partial charge is 0.416 e. The number of aromatic carboxylic acids is 1. The predicted octanol–water partition coefficient (Wildman–Crippen LogP) is 4.21. The van der Waals surface area contributed by atoms with E-state index in [0.29, 0.717) is 0 Å². The van der Waals surface area contributed by atoms with Gasteiger partial charge in [-0.1, -0.05) is 0 Å². The van der Waals surface area contributed by atoms with Crippen molar-refractivity contribution in [2.45, 2.75) is 6.18 Å². The van der Waals surface area contributed by atoms with Gasteiger partial charge in [-0.2, -0.15) is 13.2 Å². The molecule has 0 bridgehead atoms. The Morgan fingerprint density at radius 3 is 1.88 bits per heavy atom. The first-order chi connectivity index (χ1) is 11.3. The molecule has 0 aromatic heterocycles. The fourth-order valence-corrected chi connectivity index (χ4v) is 1.93. The lowest BCUT2D eigenvalue weighted by molar-refractivity contribution is -0.137. The number of halogens is 3. The van der Waals surface area contributed by atoms with Gasteiger partial charge in [0, 0.05) is 0 Å². The van der Waals surface area contributed by atoms with Gasteiger partial charge in [0.05, 0.1) is 25.3 Å². The molecule has 0 aliphatic heterocycles. The molecule has 0 aliphatic carbocycles. The van der Waals surface area contributed by atoms with Gasteiger partial charge in [0.1, 0.15) is 5.75 Å². The first kappa shape index (κ1) is 17.5. The van der Waals surface area contributed by atoms with Gasteiger partial charge >= 0.3 is 12.1 Å². The maximum atomic E-state index is 12.6. The van der Waals surface area contributed by atoms with E-state index in [4.69, 9.17) is 19.3 Å². The number of methoxy groups -OCH3 is 2. The molecule has 0 aliphatic rings. The van der Waals surface area contributed by atoms with E-state index < -0.39 is 17.7 Å². The van der Waals surface area contributed by atoms with Crippen molar-refractivity contribution >= 4 is 5.97 Å². The molecule has 0 fully saturated rings. The van der Waals surface area contributed by atoms with Crippen LogP contribution in [0.15, 0.2) is 36.4 Å². The van der Waals surface area contributed by atoms with Crippen LogP contribution in [-0.2, 0) is 6.18 Å². The zero-order chi connectivity index (χ0) is 17.9. The monoisotopic (exact) mass is 342 g/mol. The zero-order valence-corrected chi connectivity index (χ0v) is 12.7. The molecule has 0 atom stereocenters. The highest BCUT2D eigenvalue weighted by atomic mass is 19.4. The van der Waals surface area contributed by atoms with Crippen LogP contribution in [0.4, 0.5) is 13.2 Å². The Morgan fingerprint density at radius 2 is 1.50 bits per heavy atom. The number of rotatable bonds is 5. The van der Waals surface area contributed by atoms with Gasteiger partial charge in [0.25, 0.3) is 0 Å². The largest absolute Gasteiger partial charge is 0.493 e. The van der Waals surface area contributed by atoms with Crippen molar-refractivity contribution in [3.8, 4) is 23.0 Å². The Balaban J connectivity index is 2.40. The van der Waals surface area contributed by atoms with Gasteiger partial charge < -0.3 is 19.3 Å². The highest BCUT2D eigenvalue weighted by Gasteiger charge is 2.30. The Kier molecular flexibility index (Phi) is 4.87. The fourth-order valence-electron chi connectivity index (χ4n) is 1.93. The van der Waals surface area contributed by atoms with Crippen LogP contribution in [0, 0.1) is 0 Å². The normalized spacial score (nSPS) is 11.0. The van der Waals surface area contributed by atoms with Crippen molar-refractivity contribution in [3.05, 3.63) is 47.5 Å². The SMILES string of the molecule is COc1cc(C(=O)O)cc(OC)c1Oc1ccc(C(F)(F)F)cc1. The van der Waals surface area contributed by atoms with E-state index in [1.807, 2.05) is 0 Å². The van der Waals surface area contributed by atoms with Gasteiger partial charge in [-0.25, -0.2) is 4.79 Å². The Labute approximate surface area is 135 Å². The van der Waals surface area contributed by atoms with E-state index in [2.05, 4.69) is 0 Å². The van der Waals surface area contributed by atoms with Crippen LogP contribution in [0.1, 0.15) is 15.9 Å². The molecule has 128 valence electrons. The van der Waals surface area contributed by atoms with Crippen LogP contribution in [-0.4, -0.2) is 25.3 Å². The van der Waals surface area contributed by atoms with Crippen molar-refractivity contribution in [1.82, 2.24) is 0 Å². The second-order valence-electron chi connectivity index (χ2n) is 4.64. The second kappa shape index (κ2) is 6.69. The first-order valence-corrected chi connectivity index (χ1v) is 6.60. The lowest BCUT2D eigenvalue weighted by Gasteiger charge is -2.15. The van der Waals surface area contributed by atoms with E-state index in [9.17, 15) is 18.0 Å². The molecule has 2 aromatic carbocycles. The molecule has 0 saturated heterocycles. The van der Waals surface area contributed by atoms with Crippen molar-refractivity contribution in [1.29, 1.82) is 0 Å². The van der Waals surface area contributed by atoms with Crippen LogP contribution >= 0.6 is 0 Å². The summed E-state index contributed by atoms with van der Waals surface area (Å²) in [6.45, 7) is 0. The van der Waals surface area contributed by atoms with Crippen LogP contribution in [0.3, 0.4) is 0 Å². The summed E-state index contributed by atoms with van der Waals surface area (Å²) in [4.78, 5) is 11.1. The number of carboxylic acid groups (broad SMARTS) is 1. The average Bonchev–Trinajstić information content (AvgIpc) is 2.54. The lowest BCUT2D eigenvalue weighted by atomic mass is 10.1. The molecular weight excluding hydrogens is 329 g/mol. The van der Waals surface area contributed by atoms with E-state index in [0.717, 1.165) is 24.3 Å². The maximum Gasteiger partial charge on any atom is 0.416 e. The van der Waals surface area contributed by atoms with E-state index >= 15 is 0 Å². The van der Waals surface area contributed by atoms with Gasteiger partial charge in [0.15, 0.2) is 11.5 Å². The molecule has 1 N–H and O–H groups in total.